The molecule has 0 saturated carbocycles. The fourth-order valence-electron chi connectivity index (χ4n) is 4.23. The van der Waals surface area contributed by atoms with Crippen molar-refractivity contribution in [2.75, 3.05) is 0 Å². The molecule has 0 bridgehead atoms. The molecule has 0 N–H and O–H groups in total. The Morgan fingerprint density at radius 3 is 1.09 bits per heavy atom. The first kappa shape index (κ1) is 21.7. The summed E-state index contributed by atoms with van der Waals surface area (Å²) in [5, 5.41) is 0. The molecule has 1 aliphatic rings. The Morgan fingerprint density at radius 1 is 0.438 bits per heavy atom. The molecule has 0 saturated heterocycles. The van der Waals surface area contributed by atoms with E-state index in [-0.39, 0.29) is 15.0 Å². The van der Waals surface area contributed by atoms with E-state index >= 15 is 0 Å². The summed E-state index contributed by atoms with van der Waals surface area (Å²) < 4.78 is 5.15. The van der Waals surface area contributed by atoms with Crippen LogP contribution in [-0.4, -0.2) is 15.0 Å². The Balaban J connectivity index is 1.90. The molecule has 0 unspecified atom stereocenters. The molecular formula is C29H20Br2Se. The molecular weight excluding hydrogens is 587 g/mol. The molecule has 32 heavy (non-hydrogen) atoms. The molecule has 0 aliphatic carbocycles. The molecule has 156 valence electrons. The number of allylic oxidation sites excluding steroid dienone is 2. The summed E-state index contributed by atoms with van der Waals surface area (Å²) in [5.41, 5.74) is 4.55. The van der Waals surface area contributed by atoms with Gasteiger partial charge in [0.2, 0.25) is 0 Å². The van der Waals surface area contributed by atoms with Gasteiger partial charge in [-0.1, -0.05) is 0 Å². The third-order valence-corrected chi connectivity index (χ3v) is 11.6. The minimum absolute atomic E-state index is 0.118. The molecule has 4 aromatic rings. The summed E-state index contributed by atoms with van der Waals surface area (Å²) in [6.45, 7) is 0. The first-order chi connectivity index (χ1) is 15.7. The van der Waals surface area contributed by atoms with E-state index in [1.807, 2.05) is 0 Å². The molecule has 0 amide bonds. The van der Waals surface area contributed by atoms with E-state index in [2.05, 4.69) is 153 Å². The van der Waals surface area contributed by atoms with Gasteiger partial charge in [0.05, 0.1) is 0 Å². The van der Waals surface area contributed by atoms with Gasteiger partial charge in [0.25, 0.3) is 0 Å². The summed E-state index contributed by atoms with van der Waals surface area (Å²) in [7, 11) is 0. The number of halogens is 2. The zero-order valence-electron chi connectivity index (χ0n) is 17.2. The third kappa shape index (κ3) is 3.68. The molecule has 3 heteroatoms. The molecule has 5 rings (SSSR count). The topological polar surface area (TPSA) is 0 Å². The van der Waals surface area contributed by atoms with Crippen LogP contribution >= 0.6 is 31.9 Å². The molecule has 1 heterocycles. The van der Waals surface area contributed by atoms with Crippen LogP contribution in [0.25, 0.3) is 8.94 Å². The van der Waals surface area contributed by atoms with Crippen molar-refractivity contribution < 1.29 is 0 Å². The van der Waals surface area contributed by atoms with Crippen LogP contribution in [-0.2, 0) is 5.41 Å². The van der Waals surface area contributed by atoms with Crippen molar-refractivity contribution in [1.29, 1.82) is 0 Å². The SMILES string of the molecule is BrC1=C(c2ccccc2)[Se]C(c2ccccc2)=C(Br)C1(c1ccccc1)c1ccccc1. The predicted molar refractivity (Wildman–Crippen MR) is 144 cm³/mol. The Labute approximate surface area is 212 Å². The Kier molecular flexibility index (Phi) is 6.35. The zero-order chi connectivity index (χ0) is 22.0. The summed E-state index contributed by atoms with van der Waals surface area (Å²) in [6.07, 6.45) is 0. The van der Waals surface area contributed by atoms with Crippen LogP contribution < -0.4 is 0 Å². The monoisotopic (exact) mass is 606 g/mol. The van der Waals surface area contributed by atoms with Crippen molar-refractivity contribution in [3.63, 3.8) is 0 Å². The van der Waals surface area contributed by atoms with Gasteiger partial charge in [-0.15, -0.1) is 0 Å². The van der Waals surface area contributed by atoms with Crippen molar-refractivity contribution >= 4 is 55.8 Å². The molecule has 0 aromatic heterocycles. The van der Waals surface area contributed by atoms with Gasteiger partial charge in [0.1, 0.15) is 0 Å². The van der Waals surface area contributed by atoms with Gasteiger partial charge >= 0.3 is 214 Å². The summed E-state index contributed by atoms with van der Waals surface area (Å²) in [4.78, 5) is 0. The molecule has 0 atom stereocenters. The number of benzene rings is 4. The first-order valence-electron chi connectivity index (χ1n) is 10.4. The van der Waals surface area contributed by atoms with Crippen molar-refractivity contribution in [1.82, 2.24) is 0 Å². The second kappa shape index (κ2) is 9.37. The van der Waals surface area contributed by atoms with Crippen molar-refractivity contribution in [2.24, 2.45) is 0 Å². The molecule has 0 radical (unpaired) electrons. The van der Waals surface area contributed by atoms with Crippen LogP contribution in [0.5, 0.6) is 0 Å². The van der Waals surface area contributed by atoms with E-state index in [0.29, 0.717) is 0 Å². The van der Waals surface area contributed by atoms with Crippen LogP contribution in [0.1, 0.15) is 22.3 Å². The zero-order valence-corrected chi connectivity index (χ0v) is 22.1. The van der Waals surface area contributed by atoms with E-state index in [9.17, 15) is 0 Å². The van der Waals surface area contributed by atoms with Crippen LogP contribution in [0, 0.1) is 0 Å². The van der Waals surface area contributed by atoms with Gasteiger partial charge in [-0.2, -0.15) is 0 Å². The van der Waals surface area contributed by atoms with Crippen LogP contribution in [0.4, 0.5) is 0 Å². The standard InChI is InChI=1S/C29H20Br2Se/c30-27-25(21-13-5-1-6-14-21)32-26(22-15-7-2-8-16-22)28(31)29(27,23-17-9-3-10-18-23)24-19-11-4-12-20-24/h1-20H. The van der Waals surface area contributed by atoms with Crippen molar-refractivity contribution in [3.05, 3.63) is 153 Å². The average Bonchev–Trinajstić information content (AvgIpc) is 2.87. The van der Waals surface area contributed by atoms with Crippen molar-refractivity contribution in [3.8, 4) is 0 Å². The number of hydrogen-bond acceptors (Lipinski definition) is 0. The molecule has 0 nitrogen and oxygen atoms in total. The predicted octanol–water partition coefficient (Wildman–Crippen LogP) is 8.22. The van der Waals surface area contributed by atoms with Crippen LogP contribution in [0.3, 0.4) is 0 Å². The number of rotatable bonds is 4. The van der Waals surface area contributed by atoms with Crippen LogP contribution in [0.15, 0.2) is 130 Å². The van der Waals surface area contributed by atoms with Gasteiger partial charge in [0, 0.05) is 0 Å². The second-order valence-corrected chi connectivity index (χ2v) is 11.3. The van der Waals surface area contributed by atoms with E-state index in [0.717, 1.165) is 0 Å². The van der Waals surface area contributed by atoms with Gasteiger partial charge in [-0.3, -0.25) is 0 Å². The van der Waals surface area contributed by atoms with Gasteiger partial charge in [-0.25, -0.2) is 0 Å². The Bertz CT molecular complexity index is 1180. The Morgan fingerprint density at radius 2 is 0.750 bits per heavy atom. The molecule has 0 spiro atoms. The normalized spacial score (nSPS) is 15.7. The van der Waals surface area contributed by atoms with E-state index < -0.39 is 5.41 Å². The summed E-state index contributed by atoms with van der Waals surface area (Å²) in [6, 6.07) is 43.2. The van der Waals surface area contributed by atoms with Gasteiger partial charge in [-0.05, 0) is 0 Å². The second-order valence-electron chi connectivity index (χ2n) is 7.60. The van der Waals surface area contributed by atoms with Gasteiger partial charge in [0.15, 0.2) is 0 Å². The fraction of sp³-hybridized carbons (Fsp3) is 0.0345. The molecule has 4 aromatic carbocycles. The average molecular weight is 607 g/mol. The fourth-order valence-corrected chi connectivity index (χ4v) is 9.62. The maximum atomic E-state index is 4.16. The quantitative estimate of drug-likeness (QED) is 0.205. The van der Waals surface area contributed by atoms with E-state index in [4.69, 9.17) is 0 Å². The van der Waals surface area contributed by atoms with E-state index in [1.165, 1.54) is 40.2 Å². The number of hydrogen-bond donors (Lipinski definition) is 0. The summed E-state index contributed by atoms with van der Waals surface area (Å²) in [5.74, 6) is 0. The van der Waals surface area contributed by atoms with E-state index in [1.54, 1.807) is 0 Å². The maximum absolute atomic E-state index is 4.16. The third-order valence-electron chi connectivity index (χ3n) is 5.75. The summed E-state index contributed by atoms with van der Waals surface area (Å²) >= 11 is 8.44. The molecule has 1 aliphatic heterocycles. The first-order valence-corrected chi connectivity index (χ1v) is 13.7. The van der Waals surface area contributed by atoms with Crippen molar-refractivity contribution in [2.45, 2.75) is 5.41 Å². The minimum atomic E-state index is -0.459. The Hall–Kier alpha value is -2.16. The van der Waals surface area contributed by atoms with Crippen LogP contribution in [0.2, 0.25) is 0 Å². The van der Waals surface area contributed by atoms with Gasteiger partial charge < -0.3 is 0 Å². The molecule has 0 fully saturated rings.